The van der Waals surface area contributed by atoms with Crippen molar-refractivity contribution in [1.82, 2.24) is 24.0 Å². The first kappa shape index (κ1) is 21.6. The highest BCUT2D eigenvalue weighted by Gasteiger charge is 2.20. The number of rotatable bonds is 8. The number of imidazole rings is 1. The highest BCUT2D eigenvalue weighted by molar-refractivity contribution is 5.69. The quantitative estimate of drug-likeness (QED) is 0.307. The fourth-order valence-electron chi connectivity index (χ4n) is 3.54. The van der Waals surface area contributed by atoms with Crippen LogP contribution in [0.4, 0.5) is 0 Å². The number of aryl methyl sites for hydroxylation is 2. The van der Waals surface area contributed by atoms with Crippen molar-refractivity contribution in [1.29, 1.82) is 0 Å². The highest BCUT2D eigenvalue weighted by atomic mass is 16.3. The zero-order valence-electron chi connectivity index (χ0n) is 17.2. The number of fused-ring (bicyclic) bond motifs is 1. The maximum Gasteiger partial charge on any atom is 0.332 e. The van der Waals surface area contributed by atoms with Crippen molar-refractivity contribution in [2.45, 2.75) is 38.5 Å². The Kier molecular flexibility index (Phi) is 6.28. The summed E-state index contributed by atoms with van der Waals surface area (Å²) >= 11 is 0. The Balaban J connectivity index is 1.66. The van der Waals surface area contributed by atoms with Gasteiger partial charge in [-0.2, -0.15) is 0 Å². The summed E-state index contributed by atoms with van der Waals surface area (Å²) in [4.78, 5) is 28.7. The minimum Gasteiger partial charge on any atom is -0.504 e. The summed E-state index contributed by atoms with van der Waals surface area (Å²) in [6.07, 6.45) is 2.02. The zero-order chi connectivity index (χ0) is 22.0. The standard InChI is InChI=1S/C20H27N5O5/c1-4-13(17(28)12-6-7-14(26)15(27)10-12)21-8-5-9-25-11-22-18-16(25)19(29)24(3)20(30)23(18)2/h6-7,10-11,13,17,21,26-28H,4-5,8-9H2,1-3H3. The van der Waals surface area contributed by atoms with Gasteiger partial charge in [0.05, 0.1) is 12.4 Å². The molecular formula is C20H27N5O5. The molecule has 0 fully saturated rings. The van der Waals surface area contributed by atoms with Gasteiger partial charge in [0.25, 0.3) is 5.56 Å². The van der Waals surface area contributed by atoms with Crippen LogP contribution in [0.5, 0.6) is 11.5 Å². The molecule has 4 N–H and O–H groups in total. The van der Waals surface area contributed by atoms with E-state index in [1.165, 1.54) is 23.7 Å². The minimum absolute atomic E-state index is 0.233. The van der Waals surface area contributed by atoms with E-state index >= 15 is 0 Å². The molecule has 10 nitrogen and oxygen atoms in total. The van der Waals surface area contributed by atoms with Gasteiger partial charge < -0.3 is 25.2 Å². The highest BCUT2D eigenvalue weighted by Crippen LogP contribution is 2.29. The fourth-order valence-corrected chi connectivity index (χ4v) is 3.54. The predicted molar refractivity (Wildman–Crippen MR) is 112 cm³/mol. The molecule has 0 aliphatic carbocycles. The van der Waals surface area contributed by atoms with Gasteiger partial charge in [-0.1, -0.05) is 13.0 Å². The Hall–Kier alpha value is -3.11. The van der Waals surface area contributed by atoms with Gasteiger partial charge in [-0.05, 0) is 37.1 Å². The van der Waals surface area contributed by atoms with Crippen LogP contribution in [0.3, 0.4) is 0 Å². The van der Waals surface area contributed by atoms with Crippen molar-refractivity contribution in [3.8, 4) is 11.5 Å². The van der Waals surface area contributed by atoms with Crippen LogP contribution in [-0.2, 0) is 20.6 Å². The average Bonchev–Trinajstić information content (AvgIpc) is 3.16. The number of aromatic nitrogens is 4. The molecule has 2 heterocycles. The van der Waals surface area contributed by atoms with Gasteiger partial charge in [0.1, 0.15) is 0 Å². The maximum atomic E-state index is 12.5. The second-order valence-electron chi connectivity index (χ2n) is 7.33. The van der Waals surface area contributed by atoms with E-state index < -0.39 is 11.8 Å². The van der Waals surface area contributed by atoms with Gasteiger partial charge in [-0.15, -0.1) is 0 Å². The lowest BCUT2D eigenvalue weighted by Gasteiger charge is -2.23. The molecule has 2 atom stereocenters. The smallest absolute Gasteiger partial charge is 0.332 e. The molecule has 3 aromatic rings. The number of aromatic hydroxyl groups is 2. The zero-order valence-corrected chi connectivity index (χ0v) is 17.2. The molecule has 0 amide bonds. The molecule has 30 heavy (non-hydrogen) atoms. The molecule has 162 valence electrons. The summed E-state index contributed by atoms with van der Waals surface area (Å²) in [6.45, 7) is 3.03. The van der Waals surface area contributed by atoms with Crippen molar-refractivity contribution >= 4 is 11.2 Å². The molecule has 3 rings (SSSR count). The predicted octanol–water partition coefficient (Wildman–Crippen LogP) is 0.337. The number of benzene rings is 1. The molecule has 2 aromatic heterocycles. The van der Waals surface area contributed by atoms with Crippen LogP contribution in [0.15, 0.2) is 34.1 Å². The van der Waals surface area contributed by atoms with Crippen molar-refractivity contribution in [2.24, 2.45) is 14.1 Å². The Morgan fingerprint density at radius 2 is 1.87 bits per heavy atom. The van der Waals surface area contributed by atoms with Gasteiger partial charge in [0.15, 0.2) is 22.7 Å². The Labute approximate surface area is 172 Å². The second-order valence-corrected chi connectivity index (χ2v) is 7.33. The van der Waals surface area contributed by atoms with Crippen LogP contribution in [0.1, 0.15) is 31.4 Å². The van der Waals surface area contributed by atoms with Crippen LogP contribution >= 0.6 is 0 Å². The molecule has 10 heteroatoms. The van der Waals surface area contributed by atoms with Crippen LogP contribution in [0.25, 0.3) is 11.2 Å². The van der Waals surface area contributed by atoms with Gasteiger partial charge in [0, 0.05) is 26.7 Å². The Bertz CT molecular complexity index is 1160. The third-order valence-corrected chi connectivity index (χ3v) is 5.36. The third-order valence-electron chi connectivity index (χ3n) is 5.36. The number of nitrogens with zero attached hydrogens (tertiary/aromatic N) is 4. The molecule has 0 aliphatic rings. The molecule has 1 aromatic carbocycles. The van der Waals surface area contributed by atoms with Gasteiger partial charge in [-0.25, -0.2) is 9.78 Å². The van der Waals surface area contributed by atoms with E-state index in [0.29, 0.717) is 42.7 Å². The lowest BCUT2D eigenvalue weighted by Crippen LogP contribution is -2.37. The minimum atomic E-state index is -0.850. The molecular weight excluding hydrogens is 390 g/mol. The number of aliphatic hydroxyl groups excluding tert-OH is 1. The van der Waals surface area contributed by atoms with Crippen molar-refractivity contribution in [2.75, 3.05) is 6.54 Å². The van der Waals surface area contributed by atoms with Crippen molar-refractivity contribution in [3.63, 3.8) is 0 Å². The summed E-state index contributed by atoms with van der Waals surface area (Å²) in [5.74, 6) is -0.507. The molecule has 0 spiro atoms. The average molecular weight is 417 g/mol. The Morgan fingerprint density at radius 1 is 1.13 bits per heavy atom. The van der Waals surface area contributed by atoms with Gasteiger partial charge in [0.2, 0.25) is 0 Å². The van der Waals surface area contributed by atoms with Crippen LogP contribution in [-0.4, -0.2) is 46.6 Å². The largest absolute Gasteiger partial charge is 0.504 e. The summed E-state index contributed by atoms with van der Waals surface area (Å²) in [6, 6.07) is 4.02. The van der Waals surface area contributed by atoms with E-state index in [1.807, 2.05) is 6.92 Å². The van der Waals surface area contributed by atoms with Crippen molar-refractivity contribution in [3.05, 3.63) is 50.9 Å². The molecule has 0 radical (unpaired) electrons. The summed E-state index contributed by atoms with van der Waals surface area (Å²) in [5, 5.41) is 33.0. The van der Waals surface area contributed by atoms with Crippen LogP contribution < -0.4 is 16.6 Å². The van der Waals surface area contributed by atoms with E-state index in [-0.39, 0.29) is 23.1 Å². The number of hydrogen-bond acceptors (Lipinski definition) is 7. The number of aliphatic hydroxyl groups is 1. The van der Waals surface area contributed by atoms with Crippen LogP contribution in [0, 0.1) is 0 Å². The number of hydrogen-bond donors (Lipinski definition) is 4. The lowest BCUT2D eigenvalue weighted by atomic mass is 9.99. The van der Waals surface area contributed by atoms with E-state index in [1.54, 1.807) is 24.0 Å². The molecule has 2 unspecified atom stereocenters. The van der Waals surface area contributed by atoms with Crippen LogP contribution in [0.2, 0.25) is 0 Å². The summed E-state index contributed by atoms with van der Waals surface area (Å²) < 4.78 is 4.14. The number of nitrogens with one attached hydrogen (secondary N) is 1. The lowest BCUT2D eigenvalue weighted by molar-refractivity contribution is 0.125. The maximum absolute atomic E-state index is 12.5. The summed E-state index contributed by atoms with van der Waals surface area (Å²) in [5.41, 5.74) is 0.443. The number of phenolic OH excluding ortho intramolecular Hbond substituents is 2. The first-order chi connectivity index (χ1) is 14.3. The third kappa shape index (κ3) is 3.96. The molecule has 0 bridgehead atoms. The van der Waals surface area contributed by atoms with Crippen molar-refractivity contribution < 1.29 is 15.3 Å². The fraction of sp³-hybridized carbons (Fsp3) is 0.450. The first-order valence-electron chi connectivity index (χ1n) is 9.80. The topological polar surface area (TPSA) is 135 Å². The van der Waals surface area contributed by atoms with E-state index in [4.69, 9.17) is 0 Å². The molecule has 0 saturated heterocycles. The Morgan fingerprint density at radius 3 is 2.53 bits per heavy atom. The molecule has 0 saturated carbocycles. The SMILES string of the molecule is CCC(NCCCn1cnc2c1c(=O)n(C)c(=O)n2C)C(O)c1ccc(O)c(O)c1. The van der Waals surface area contributed by atoms with E-state index in [2.05, 4.69) is 10.3 Å². The molecule has 0 aliphatic heterocycles. The monoisotopic (exact) mass is 417 g/mol. The van der Waals surface area contributed by atoms with E-state index in [0.717, 1.165) is 4.57 Å². The van der Waals surface area contributed by atoms with E-state index in [9.17, 15) is 24.9 Å². The normalized spacial score (nSPS) is 13.6. The number of phenols is 2. The summed E-state index contributed by atoms with van der Waals surface area (Å²) in [7, 11) is 3.02. The van der Waals surface area contributed by atoms with Gasteiger partial charge in [-0.3, -0.25) is 13.9 Å². The second kappa shape index (κ2) is 8.72. The first-order valence-corrected chi connectivity index (χ1v) is 9.80. The van der Waals surface area contributed by atoms with Gasteiger partial charge >= 0.3 is 5.69 Å².